The van der Waals surface area contributed by atoms with E-state index in [1.165, 1.54) is 18.5 Å². The molecule has 0 aliphatic heterocycles. The first-order valence-electron chi connectivity index (χ1n) is 5.42. The fraction of sp³-hybridized carbons (Fsp3) is 0.273. The Hall–Kier alpha value is -1.76. The Balaban J connectivity index is 2.22. The lowest BCUT2D eigenvalue weighted by Crippen LogP contribution is -2.08. The van der Waals surface area contributed by atoms with Crippen LogP contribution in [0.2, 0.25) is 0 Å². The van der Waals surface area contributed by atoms with Crippen LogP contribution in [0.25, 0.3) is 0 Å². The average molecular weight is 268 g/mol. The molecular weight excluding hydrogens is 255 g/mol. The summed E-state index contributed by atoms with van der Waals surface area (Å²) in [5.74, 6) is 0.150. The molecule has 0 bridgehead atoms. The zero-order chi connectivity index (χ0) is 13.1. The molecule has 7 heteroatoms. The van der Waals surface area contributed by atoms with Crippen LogP contribution in [0.1, 0.15) is 12.7 Å². The highest BCUT2D eigenvalue weighted by Gasteiger charge is 2.14. The van der Waals surface area contributed by atoms with E-state index in [9.17, 15) is 8.60 Å². The van der Waals surface area contributed by atoms with Gasteiger partial charge in [-0.05, 0) is 25.1 Å². The van der Waals surface area contributed by atoms with Gasteiger partial charge in [-0.15, -0.1) is 0 Å². The summed E-state index contributed by atoms with van der Waals surface area (Å²) in [6.45, 7) is 2.54. The molecule has 1 heterocycles. The molecule has 2 N–H and O–H groups in total. The summed E-state index contributed by atoms with van der Waals surface area (Å²) >= 11 is 0. The van der Waals surface area contributed by atoms with Crippen molar-refractivity contribution in [2.75, 3.05) is 5.73 Å². The molecule has 0 fully saturated rings. The Labute approximate surface area is 106 Å². The Morgan fingerprint density at radius 2 is 2.28 bits per heavy atom. The smallest absolute Gasteiger partial charge is 0.141 e. The second kappa shape index (κ2) is 5.26. The second-order valence-corrected chi connectivity index (χ2v) is 5.09. The van der Waals surface area contributed by atoms with Gasteiger partial charge in [0, 0.05) is 12.2 Å². The van der Waals surface area contributed by atoms with E-state index in [4.69, 9.17) is 5.73 Å². The van der Waals surface area contributed by atoms with Crippen molar-refractivity contribution in [3.63, 3.8) is 0 Å². The van der Waals surface area contributed by atoms with Crippen LogP contribution in [-0.4, -0.2) is 19.0 Å². The van der Waals surface area contributed by atoms with Gasteiger partial charge >= 0.3 is 0 Å². The van der Waals surface area contributed by atoms with Gasteiger partial charge in [0.1, 0.15) is 18.0 Å². The fourth-order valence-electron chi connectivity index (χ4n) is 1.56. The molecule has 5 nitrogen and oxygen atoms in total. The van der Waals surface area contributed by atoms with Crippen LogP contribution in [0.4, 0.5) is 10.1 Å². The topological polar surface area (TPSA) is 73.8 Å². The van der Waals surface area contributed by atoms with Crippen molar-refractivity contribution in [2.24, 2.45) is 0 Å². The summed E-state index contributed by atoms with van der Waals surface area (Å²) in [6, 6.07) is 4.13. The van der Waals surface area contributed by atoms with Gasteiger partial charge in [0.2, 0.25) is 0 Å². The van der Waals surface area contributed by atoms with Crippen molar-refractivity contribution in [2.45, 2.75) is 24.1 Å². The van der Waals surface area contributed by atoms with E-state index in [1.54, 1.807) is 4.68 Å². The van der Waals surface area contributed by atoms with E-state index in [0.29, 0.717) is 18.1 Å². The minimum atomic E-state index is -1.50. The average Bonchev–Trinajstić information content (AvgIpc) is 2.76. The highest BCUT2D eigenvalue weighted by molar-refractivity contribution is 7.84. The number of aromatic nitrogens is 3. The monoisotopic (exact) mass is 268 g/mol. The SMILES string of the molecule is CCn1ncnc1CS(=O)c1ccc(N)cc1F. The van der Waals surface area contributed by atoms with E-state index in [-0.39, 0.29) is 10.6 Å². The first-order valence-corrected chi connectivity index (χ1v) is 6.73. The first kappa shape index (κ1) is 12.7. The summed E-state index contributed by atoms with van der Waals surface area (Å²) in [5.41, 5.74) is 5.75. The maximum atomic E-state index is 13.6. The molecule has 1 atom stereocenters. The molecule has 0 saturated heterocycles. The molecule has 0 amide bonds. The second-order valence-electron chi connectivity index (χ2n) is 3.67. The van der Waals surface area contributed by atoms with Crippen molar-refractivity contribution >= 4 is 16.5 Å². The third kappa shape index (κ3) is 2.56. The van der Waals surface area contributed by atoms with Crippen LogP contribution in [0, 0.1) is 5.82 Å². The third-order valence-corrected chi connectivity index (χ3v) is 3.80. The molecule has 0 radical (unpaired) electrons. The van der Waals surface area contributed by atoms with Gasteiger partial charge < -0.3 is 5.73 Å². The van der Waals surface area contributed by atoms with Crippen molar-refractivity contribution in [3.8, 4) is 0 Å². The van der Waals surface area contributed by atoms with Crippen molar-refractivity contribution < 1.29 is 8.60 Å². The van der Waals surface area contributed by atoms with Gasteiger partial charge in [-0.25, -0.2) is 14.1 Å². The quantitative estimate of drug-likeness (QED) is 0.849. The molecule has 96 valence electrons. The van der Waals surface area contributed by atoms with Crippen LogP contribution < -0.4 is 5.73 Å². The zero-order valence-corrected chi connectivity index (χ0v) is 10.7. The van der Waals surface area contributed by atoms with Crippen LogP contribution in [-0.2, 0) is 23.1 Å². The van der Waals surface area contributed by atoms with Gasteiger partial charge in [0.15, 0.2) is 0 Å². The molecule has 2 rings (SSSR count). The fourth-order valence-corrected chi connectivity index (χ4v) is 2.67. The predicted molar refractivity (Wildman–Crippen MR) is 66.6 cm³/mol. The highest BCUT2D eigenvalue weighted by Crippen LogP contribution is 2.17. The van der Waals surface area contributed by atoms with Crippen molar-refractivity contribution in [1.29, 1.82) is 0 Å². The standard InChI is InChI=1S/C11H13FN4OS/c1-2-16-11(14-7-15-16)6-18(17)10-4-3-8(13)5-9(10)12/h3-5,7H,2,6,13H2,1H3. The van der Waals surface area contributed by atoms with Gasteiger partial charge in [-0.1, -0.05) is 0 Å². The lowest BCUT2D eigenvalue weighted by Gasteiger charge is -2.05. The third-order valence-electron chi connectivity index (χ3n) is 2.46. The Morgan fingerprint density at radius 3 is 2.94 bits per heavy atom. The zero-order valence-electron chi connectivity index (χ0n) is 9.84. The minimum absolute atomic E-state index is 0.134. The molecule has 1 aromatic carbocycles. The van der Waals surface area contributed by atoms with E-state index in [1.807, 2.05) is 6.92 Å². The van der Waals surface area contributed by atoms with Crippen LogP contribution >= 0.6 is 0 Å². The molecule has 1 aromatic heterocycles. The summed E-state index contributed by atoms with van der Waals surface area (Å²) in [4.78, 5) is 4.15. The number of nitrogens with zero attached hydrogens (tertiary/aromatic N) is 3. The van der Waals surface area contributed by atoms with Gasteiger partial charge in [-0.3, -0.25) is 4.21 Å². The summed E-state index contributed by atoms with van der Waals surface area (Å²) in [5, 5.41) is 3.98. The maximum Gasteiger partial charge on any atom is 0.141 e. The predicted octanol–water partition coefficient (Wildman–Crippen LogP) is 1.33. The molecule has 0 aliphatic rings. The van der Waals surface area contributed by atoms with Crippen LogP contribution in [0.15, 0.2) is 29.4 Å². The van der Waals surface area contributed by atoms with E-state index >= 15 is 0 Å². The van der Waals surface area contributed by atoms with Gasteiger partial charge in [-0.2, -0.15) is 5.10 Å². The molecular formula is C11H13FN4OS. The number of benzene rings is 1. The number of halogens is 1. The summed E-state index contributed by atoms with van der Waals surface area (Å²) < 4.78 is 27.3. The number of rotatable bonds is 4. The van der Waals surface area contributed by atoms with Crippen LogP contribution in [0.3, 0.4) is 0 Å². The minimum Gasteiger partial charge on any atom is -0.399 e. The van der Waals surface area contributed by atoms with Crippen molar-refractivity contribution in [1.82, 2.24) is 14.8 Å². The van der Waals surface area contributed by atoms with Gasteiger partial charge in [0.25, 0.3) is 0 Å². The Morgan fingerprint density at radius 1 is 1.50 bits per heavy atom. The number of aryl methyl sites for hydroxylation is 1. The molecule has 18 heavy (non-hydrogen) atoms. The number of nitrogen functional groups attached to an aromatic ring is 1. The Kier molecular flexibility index (Phi) is 3.71. The molecule has 0 spiro atoms. The number of anilines is 1. The van der Waals surface area contributed by atoms with E-state index in [2.05, 4.69) is 10.1 Å². The molecule has 0 aliphatic carbocycles. The lowest BCUT2D eigenvalue weighted by atomic mass is 10.3. The number of nitrogens with two attached hydrogens (primary N) is 1. The lowest BCUT2D eigenvalue weighted by molar-refractivity contribution is 0.594. The van der Waals surface area contributed by atoms with Crippen LogP contribution in [0.5, 0.6) is 0 Å². The summed E-state index contributed by atoms with van der Waals surface area (Å²) in [7, 11) is -1.50. The largest absolute Gasteiger partial charge is 0.399 e. The maximum absolute atomic E-state index is 13.6. The number of hydrogen-bond donors (Lipinski definition) is 1. The first-order chi connectivity index (χ1) is 8.61. The molecule has 0 saturated carbocycles. The highest BCUT2D eigenvalue weighted by atomic mass is 32.2. The van der Waals surface area contributed by atoms with Gasteiger partial charge in [0.05, 0.1) is 21.4 Å². The van der Waals surface area contributed by atoms with E-state index in [0.717, 1.165) is 6.07 Å². The molecule has 2 aromatic rings. The molecule has 1 unspecified atom stereocenters. The Bertz CT molecular complexity index is 584. The van der Waals surface area contributed by atoms with Crippen molar-refractivity contribution in [3.05, 3.63) is 36.2 Å². The number of hydrogen-bond acceptors (Lipinski definition) is 4. The normalized spacial score (nSPS) is 12.6. The summed E-state index contributed by atoms with van der Waals surface area (Å²) in [6.07, 6.45) is 1.40. The van der Waals surface area contributed by atoms with E-state index < -0.39 is 16.6 Å².